The number of piperazine rings is 1. The number of aromatic nitrogens is 1. The number of rotatable bonds is 5. The third-order valence-electron chi connectivity index (χ3n) is 6.46. The molecule has 4 heterocycles. The first-order chi connectivity index (χ1) is 15.5. The van der Waals surface area contributed by atoms with Gasteiger partial charge in [0.05, 0.1) is 5.02 Å². The average molecular weight is 463 g/mol. The average Bonchev–Trinajstić information content (AvgIpc) is 3.23. The first-order valence-corrected chi connectivity index (χ1v) is 11.8. The summed E-state index contributed by atoms with van der Waals surface area (Å²) >= 11 is 6.26. The Hall–Kier alpha value is -2.55. The number of unbranched alkanes of at least 4 members (excludes halogenated alkanes) is 1. The van der Waals surface area contributed by atoms with Crippen molar-refractivity contribution in [2.75, 3.05) is 50.7 Å². The Bertz CT molecular complexity index is 863. The van der Waals surface area contributed by atoms with E-state index in [1.807, 2.05) is 21.9 Å². The van der Waals surface area contributed by atoms with Crippen LogP contribution in [-0.2, 0) is 9.63 Å². The smallest absolute Gasteiger partial charge is 0.317 e. The minimum atomic E-state index is -0.464. The molecule has 0 aliphatic carbocycles. The van der Waals surface area contributed by atoms with Crippen LogP contribution >= 0.6 is 11.6 Å². The van der Waals surface area contributed by atoms with E-state index in [1.54, 1.807) is 6.20 Å². The summed E-state index contributed by atoms with van der Waals surface area (Å²) in [7, 11) is 0. The van der Waals surface area contributed by atoms with E-state index in [4.69, 9.17) is 16.4 Å². The molecular formula is C22H31ClN6O3. The summed E-state index contributed by atoms with van der Waals surface area (Å²) in [4.78, 5) is 41.2. The van der Waals surface area contributed by atoms with Gasteiger partial charge in [0.25, 0.3) is 5.91 Å². The van der Waals surface area contributed by atoms with E-state index in [9.17, 15) is 9.59 Å². The van der Waals surface area contributed by atoms with Crippen LogP contribution in [0, 0.1) is 0 Å². The van der Waals surface area contributed by atoms with Gasteiger partial charge in [-0.25, -0.2) is 9.78 Å². The van der Waals surface area contributed by atoms with Crippen molar-refractivity contribution < 1.29 is 14.4 Å². The molecule has 1 aromatic heterocycles. The highest BCUT2D eigenvalue weighted by atomic mass is 35.5. The number of piperidine rings is 1. The van der Waals surface area contributed by atoms with Gasteiger partial charge < -0.3 is 24.9 Å². The van der Waals surface area contributed by atoms with Crippen molar-refractivity contribution in [2.45, 2.75) is 44.6 Å². The maximum absolute atomic E-state index is 13.0. The van der Waals surface area contributed by atoms with Gasteiger partial charge in [0.2, 0.25) is 0 Å². The normalized spacial score (nSPS) is 20.2. The summed E-state index contributed by atoms with van der Waals surface area (Å²) in [5.41, 5.74) is 0.0178. The first kappa shape index (κ1) is 22.6. The second kappa shape index (κ2) is 9.94. The Kier molecular flexibility index (Phi) is 7.03. The second-order valence-electron chi connectivity index (χ2n) is 8.65. The maximum Gasteiger partial charge on any atom is 0.317 e. The number of anilines is 1. The van der Waals surface area contributed by atoms with Gasteiger partial charge in [-0.15, -0.1) is 0 Å². The van der Waals surface area contributed by atoms with Crippen LogP contribution < -0.4 is 10.2 Å². The van der Waals surface area contributed by atoms with Crippen LogP contribution in [-0.4, -0.2) is 83.8 Å². The van der Waals surface area contributed by atoms with E-state index in [1.165, 1.54) is 0 Å². The number of carbonyl (C=O) groups excluding carboxylic acids is 2. The van der Waals surface area contributed by atoms with Crippen LogP contribution in [0.15, 0.2) is 23.5 Å². The van der Waals surface area contributed by atoms with Gasteiger partial charge in [-0.3, -0.25) is 4.79 Å². The van der Waals surface area contributed by atoms with E-state index in [-0.39, 0.29) is 11.9 Å². The zero-order valence-electron chi connectivity index (χ0n) is 18.6. The number of nitrogens with zero attached hydrogens (tertiary/aromatic N) is 5. The Morgan fingerprint density at radius 3 is 2.59 bits per heavy atom. The largest absolute Gasteiger partial charge is 0.388 e. The monoisotopic (exact) mass is 462 g/mol. The fourth-order valence-electron chi connectivity index (χ4n) is 4.42. The van der Waals surface area contributed by atoms with Crippen LogP contribution in [0.5, 0.6) is 0 Å². The van der Waals surface area contributed by atoms with Crippen molar-refractivity contribution in [2.24, 2.45) is 5.16 Å². The zero-order valence-corrected chi connectivity index (χ0v) is 19.3. The lowest BCUT2D eigenvalue weighted by Gasteiger charge is -2.37. The van der Waals surface area contributed by atoms with Crippen molar-refractivity contribution in [3.8, 4) is 0 Å². The molecule has 1 spiro atoms. The molecule has 3 amide bonds. The number of carbonyl (C=O) groups is 2. The Morgan fingerprint density at radius 1 is 1.16 bits per heavy atom. The standard InChI is InChI=1S/C22H31ClN6O3/c1-2-3-8-25-21(31)29-10-6-22(7-11-29)16-18(26-32-22)20(30)28-14-12-27(13-15-28)19-17(23)5-4-9-24-19/h4-5,9H,2-3,6-8,10-16H2,1H3,(H,25,31). The van der Waals surface area contributed by atoms with E-state index < -0.39 is 5.60 Å². The number of oxime groups is 1. The van der Waals surface area contributed by atoms with Crippen molar-refractivity contribution in [1.29, 1.82) is 0 Å². The lowest BCUT2D eigenvalue weighted by Crippen LogP contribution is -2.52. The van der Waals surface area contributed by atoms with Crippen LogP contribution in [0.1, 0.15) is 39.0 Å². The molecule has 0 atom stereocenters. The van der Waals surface area contributed by atoms with Gasteiger partial charge in [0.15, 0.2) is 0 Å². The molecule has 4 rings (SSSR count). The number of urea groups is 1. The SMILES string of the molecule is CCCCNC(=O)N1CCC2(CC1)CC(C(=O)N1CCN(c3ncccc3Cl)CC1)=NO2. The molecule has 0 unspecified atom stereocenters. The zero-order chi connectivity index (χ0) is 22.6. The van der Waals surface area contributed by atoms with Crippen LogP contribution in [0.25, 0.3) is 0 Å². The van der Waals surface area contributed by atoms with Crippen LogP contribution in [0.2, 0.25) is 5.02 Å². The molecule has 0 radical (unpaired) electrons. The molecule has 0 bridgehead atoms. The van der Waals surface area contributed by atoms with E-state index >= 15 is 0 Å². The molecule has 32 heavy (non-hydrogen) atoms. The molecule has 2 saturated heterocycles. The van der Waals surface area contributed by atoms with E-state index in [2.05, 4.69) is 27.3 Å². The molecule has 3 aliphatic rings. The molecule has 0 saturated carbocycles. The highest BCUT2D eigenvalue weighted by Gasteiger charge is 2.45. The Labute approximate surface area is 193 Å². The molecule has 3 aliphatic heterocycles. The topological polar surface area (TPSA) is 90.4 Å². The van der Waals surface area contributed by atoms with Gasteiger partial charge in [-0.1, -0.05) is 30.1 Å². The summed E-state index contributed by atoms with van der Waals surface area (Å²) in [5, 5.41) is 7.75. The molecule has 10 heteroatoms. The molecule has 2 fully saturated rings. The molecule has 1 N–H and O–H groups in total. The first-order valence-electron chi connectivity index (χ1n) is 11.4. The van der Waals surface area contributed by atoms with Gasteiger partial charge in [0.1, 0.15) is 17.1 Å². The third-order valence-corrected chi connectivity index (χ3v) is 6.75. The third kappa shape index (κ3) is 4.92. The number of hydrogen-bond donors (Lipinski definition) is 1. The molecule has 1 aromatic rings. The lowest BCUT2D eigenvalue weighted by atomic mass is 9.86. The predicted molar refractivity (Wildman–Crippen MR) is 123 cm³/mol. The van der Waals surface area contributed by atoms with Gasteiger partial charge in [0, 0.05) is 71.3 Å². The number of halogens is 1. The Morgan fingerprint density at radius 2 is 1.91 bits per heavy atom. The highest BCUT2D eigenvalue weighted by Crippen LogP contribution is 2.35. The maximum atomic E-state index is 13.0. The molecule has 174 valence electrons. The second-order valence-corrected chi connectivity index (χ2v) is 9.06. The Balaban J connectivity index is 1.25. The number of pyridine rings is 1. The fraction of sp³-hybridized carbons (Fsp3) is 0.636. The molecular weight excluding hydrogens is 432 g/mol. The molecule has 0 aromatic carbocycles. The molecule has 9 nitrogen and oxygen atoms in total. The summed E-state index contributed by atoms with van der Waals surface area (Å²) in [6, 6.07) is 3.61. The lowest BCUT2D eigenvalue weighted by molar-refractivity contribution is -0.124. The van der Waals surface area contributed by atoms with Crippen molar-refractivity contribution in [1.82, 2.24) is 20.1 Å². The number of nitrogens with one attached hydrogen (secondary N) is 1. The van der Waals surface area contributed by atoms with E-state index in [0.717, 1.165) is 18.7 Å². The minimum Gasteiger partial charge on any atom is -0.388 e. The number of likely N-dealkylation sites (tertiary alicyclic amines) is 1. The van der Waals surface area contributed by atoms with Gasteiger partial charge in [-0.05, 0) is 18.6 Å². The van der Waals surface area contributed by atoms with Crippen LogP contribution in [0.4, 0.5) is 10.6 Å². The number of hydrogen-bond acceptors (Lipinski definition) is 6. The van der Waals surface area contributed by atoms with Crippen LogP contribution in [0.3, 0.4) is 0 Å². The van der Waals surface area contributed by atoms with Crippen molar-refractivity contribution >= 4 is 35.1 Å². The summed E-state index contributed by atoms with van der Waals surface area (Å²) in [6.45, 7) is 6.54. The highest BCUT2D eigenvalue weighted by molar-refractivity contribution is 6.39. The minimum absolute atomic E-state index is 0.0191. The van der Waals surface area contributed by atoms with E-state index in [0.29, 0.717) is 75.8 Å². The van der Waals surface area contributed by atoms with Crippen molar-refractivity contribution in [3.05, 3.63) is 23.4 Å². The van der Waals surface area contributed by atoms with Gasteiger partial charge >= 0.3 is 6.03 Å². The number of amides is 3. The van der Waals surface area contributed by atoms with Crippen molar-refractivity contribution in [3.63, 3.8) is 0 Å². The quantitative estimate of drug-likeness (QED) is 0.679. The fourth-order valence-corrected chi connectivity index (χ4v) is 4.66. The predicted octanol–water partition coefficient (Wildman–Crippen LogP) is 2.50. The summed E-state index contributed by atoms with van der Waals surface area (Å²) in [6.07, 6.45) is 5.62. The summed E-state index contributed by atoms with van der Waals surface area (Å²) in [5.74, 6) is 0.695. The summed E-state index contributed by atoms with van der Waals surface area (Å²) < 4.78 is 0. The van der Waals surface area contributed by atoms with Gasteiger partial charge in [-0.2, -0.15) is 0 Å².